The van der Waals surface area contributed by atoms with Crippen LogP contribution in [0.5, 0.6) is 0 Å². The Labute approximate surface area is 115 Å². The van der Waals surface area contributed by atoms with Gasteiger partial charge in [0.25, 0.3) is 0 Å². The van der Waals surface area contributed by atoms with E-state index in [4.69, 9.17) is 4.74 Å². The zero-order chi connectivity index (χ0) is 13.8. The minimum absolute atomic E-state index is 0.0899. The van der Waals surface area contributed by atoms with E-state index in [9.17, 15) is 8.78 Å². The summed E-state index contributed by atoms with van der Waals surface area (Å²) in [5.74, 6) is 0.927. The first-order valence-electron chi connectivity index (χ1n) is 7.61. The standard InChI is InChI=1S/C16H26F2O/c1-3-4-11-5-7-12(8-6-11)13-9-10-14(19-2)16(18)15(13)17/h3-4,11-16H,5-10H2,1-2H3/b4-3+. The zero-order valence-corrected chi connectivity index (χ0v) is 12.0. The van der Waals surface area contributed by atoms with E-state index in [0.29, 0.717) is 18.3 Å². The van der Waals surface area contributed by atoms with Crippen LogP contribution in [-0.2, 0) is 4.74 Å². The molecule has 1 nitrogen and oxygen atoms in total. The highest BCUT2D eigenvalue weighted by atomic mass is 19.2. The highest BCUT2D eigenvalue weighted by molar-refractivity contribution is 4.95. The van der Waals surface area contributed by atoms with E-state index in [2.05, 4.69) is 12.2 Å². The van der Waals surface area contributed by atoms with Crippen molar-refractivity contribution in [2.75, 3.05) is 7.11 Å². The molecule has 2 aliphatic carbocycles. The van der Waals surface area contributed by atoms with Crippen molar-refractivity contribution in [2.45, 2.75) is 63.9 Å². The lowest BCUT2D eigenvalue weighted by atomic mass is 9.69. The van der Waals surface area contributed by atoms with E-state index in [-0.39, 0.29) is 5.92 Å². The van der Waals surface area contributed by atoms with Gasteiger partial charge in [0.2, 0.25) is 0 Å². The summed E-state index contributed by atoms with van der Waals surface area (Å²) in [5, 5.41) is 0. The number of ether oxygens (including phenoxy) is 1. The molecule has 0 N–H and O–H groups in total. The number of allylic oxidation sites excluding steroid dienone is 2. The maximum absolute atomic E-state index is 14.2. The van der Waals surface area contributed by atoms with Gasteiger partial charge in [-0.25, -0.2) is 8.78 Å². The number of methoxy groups -OCH3 is 1. The van der Waals surface area contributed by atoms with Gasteiger partial charge in [0, 0.05) is 7.11 Å². The summed E-state index contributed by atoms with van der Waals surface area (Å²) in [6, 6.07) is 0. The van der Waals surface area contributed by atoms with E-state index < -0.39 is 18.4 Å². The van der Waals surface area contributed by atoms with Crippen molar-refractivity contribution in [2.24, 2.45) is 17.8 Å². The third kappa shape index (κ3) is 3.36. The molecule has 110 valence electrons. The first kappa shape index (κ1) is 15.0. The van der Waals surface area contributed by atoms with Crippen LogP contribution >= 0.6 is 0 Å². The molecule has 4 atom stereocenters. The molecule has 2 rings (SSSR count). The van der Waals surface area contributed by atoms with Crippen molar-refractivity contribution in [3.63, 3.8) is 0 Å². The minimum atomic E-state index is -1.43. The Kier molecular flexibility index (Phi) is 5.37. The fraction of sp³-hybridized carbons (Fsp3) is 0.875. The SMILES string of the molecule is C/C=C/C1CCC(C2CCC(OC)C(F)C2F)CC1. The number of hydrogen-bond donors (Lipinski definition) is 0. The topological polar surface area (TPSA) is 9.23 Å². The van der Waals surface area contributed by atoms with Crippen LogP contribution in [0.3, 0.4) is 0 Å². The number of alkyl halides is 2. The summed E-state index contributed by atoms with van der Waals surface area (Å²) in [4.78, 5) is 0. The van der Waals surface area contributed by atoms with Crippen molar-refractivity contribution >= 4 is 0 Å². The molecule has 0 saturated heterocycles. The summed E-state index contributed by atoms with van der Waals surface area (Å²) in [6.07, 6.45) is 6.84. The Bertz CT molecular complexity index is 297. The molecule has 0 aromatic heterocycles. The second-order valence-corrected chi connectivity index (χ2v) is 6.10. The van der Waals surface area contributed by atoms with Crippen LogP contribution < -0.4 is 0 Å². The van der Waals surface area contributed by atoms with Crippen LogP contribution in [0.25, 0.3) is 0 Å². The van der Waals surface area contributed by atoms with Crippen molar-refractivity contribution in [3.05, 3.63) is 12.2 Å². The summed E-state index contributed by atoms with van der Waals surface area (Å²) >= 11 is 0. The smallest absolute Gasteiger partial charge is 0.157 e. The van der Waals surface area contributed by atoms with E-state index in [1.54, 1.807) is 0 Å². The van der Waals surface area contributed by atoms with E-state index in [0.717, 1.165) is 32.1 Å². The summed E-state index contributed by atoms with van der Waals surface area (Å²) < 4.78 is 33.2. The van der Waals surface area contributed by atoms with Crippen LogP contribution in [0.15, 0.2) is 12.2 Å². The predicted octanol–water partition coefficient (Wildman–Crippen LogP) is 4.47. The number of halogens is 2. The van der Waals surface area contributed by atoms with Crippen LogP contribution in [0.4, 0.5) is 8.78 Å². The Balaban J connectivity index is 1.89. The van der Waals surface area contributed by atoms with Gasteiger partial charge < -0.3 is 4.74 Å². The normalized spacial score (nSPS) is 44.6. The fourth-order valence-corrected chi connectivity index (χ4v) is 3.90. The third-order valence-corrected chi connectivity index (χ3v) is 5.04. The van der Waals surface area contributed by atoms with E-state index in [1.807, 2.05) is 6.92 Å². The first-order chi connectivity index (χ1) is 9.17. The Hall–Kier alpha value is -0.440. The van der Waals surface area contributed by atoms with Gasteiger partial charge in [-0.15, -0.1) is 0 Å². The van der Waals surface area contributed by atoms with Crippen molar-refractivity contribution in [3.8, 4) is 0 Å². The van der Waals surface area contributed by atoms with Crippen LogP contribution in [0.2, 0.25) is 0 Å². The summed E-state index contributed by atoms with van der Waals surface area (Å²) in [6.45, 7) is 2.05. The highest BCUT2D eigenvalue weighted by Gasteiger charge is 2.44. The molecular formula is C16H26F2O. The summed E-state index contributed by atoms with van der Waals surface area (Å²) in [7, 11) is 1.48. The lowest BCUT2D eigenvalue weighted by Gasteiger charge is -2.40. The van der Waals surface area contributed by atoms with Crippen molar-refractivity contribution in [1.82, 2.24) is 0 Å². The largest absolute Gasteiger partial charge is 0.378 e. The van der Waals surface area contributed by atoms with Gasteiger partial charge in [-0.05, 0) is 63.2 Å². The van der Waals surface area contributed by atoms with Gasteiger partial charge in [0.05, 0.1) is 6.10 Å². The molecule has 2 aliphatic rings. The third-order valence-electron chi connectivity index (χ3n) is 5.04. The van der Waals surface area contributed by atoms with Gasteiger partial charge in [0.1, 0.15) is 6.17 Å². The zero-order valence-electron chi connectivity index (χ0n) is 12.0. The monoisotopic (exact) mass is 272 g/mol. The lowest BCUT2D eigenvalue weighted by Crippen LogP contribution is -2.45. The molecule has 0 bridgehead atoms. The molecule has 0 amide bonds. The number of hydrogen-bond acceptors (Lipinski definition) is 1. The van der Waals surface area contributed by atoms with Gasteiger partial charge in [-0.3, -0.25) is 0 Å². The molecule has 2 saturated carbocycles. The maximum Gasteiger partial charge on any atom is 0.157 e. The molecule has 0 aromatic rings. The average Bonchev–Trinajstić information content (AvgIpc) is 2.43. The Morgan fingerprint density at radius 3 is 2.21 bits per heavy atom. The first-order valence-corrected chi connectivity index (χ1v) is 7.61. The molecule has 0 spiro atoms. The molecule has 19 heavy (non-hydrogen) atoms. The quantitative estimate of drug-likeness (QED) is 0.689. The molecular weight excluding hydrogens is 246 g/mol. The van der Waals surface area contributed by atoms with Crippen LogP contribution in [0, 0.1) is 17.8 Å². The molecule has 2 fully saturated rings. The van der Waals surface area contributed by atoms with Crippen molar-refractivity contribution < 1.29 is 13.5 Å². The van der Waals surface area contributed by atoms with E-state index in [1.165, 1.54) is 7.11 Å². The summed E-state index contributed by atoms with van der Waals surface area (Å²) in [5.41, 5.74) is 0. The van der Waals surface area contributed by atoms with Crippen molar-refractivity contribution in [1.29, 1.82) is 0 Å². The lowest BCUT2D eigenvalue weighted by molar-refractivity contribution is -0.0714. The Morgan fingerprint density at radius 1 is 0.947 bits per heavy atom. The van der Waals surface area contributed by atoms with Crippen LogP contribution in [-0.4, -0.2) is 25.6 Å². The average molecular weight is 272 g/mol. The molecule has 3 heteroatoms. The fourth-order valence-electron chi connectivity index (χ4n) is 3.90. The minimum Gasteiger partial charge on any atom is -0.378 e. The predicted molar refractivity (Wildman–Crippen MR) is 73.6 cm³/mol. The van der Waals surface area contributed by atoms with Crippen LogP contribution in [0.1, 0.15) is 45.4 Å². The van der Waals surface area contributed by atoms with Gasteiger partial charge in [-0.2, -0.15) is 0 Å². The molecule has 0 aromatic carbocycles. The second-order valence-electron chi connectivity index (χ2n) is 6.10. The number of rotatable bonds is 3. The molecule has 0 aliphatic heterocycles. The highest BCUT2D eigenvalue weighted by Crippen LogP contribution is 2.42. The van der Waals surface area contributed by atoms with Gasteiger partial charge >= 0.3 is 0 Å². The molecule has 4 unspecified atom stereocenters. The molecule has 0 heterocycles. The van der Waals surface area contributed by atoms with Gasteiger partial charge in [-0.1, -0.05) is 12.2 Å². The van der Waals surface area contributed by atoms with E-state index >= 15 is 0 Å². The van der Waals surface area contributed by atoms with Gasteiger partial charge in [0.15, 0.2) is 6.17 Å². The second kappa shape index (κ2) is 6.83. The Morgan fingerprint density at radius 2 is 1.63 bits per heavy atom. The maximum atomic E-state index is 14.2. The molecule has 0 radical (unpaired) electrons.